The fourth-order valence-electron chi connectivity index (χ4n) is 3.64. The molecule has 1 aromatic rings. The smallest absolute Gasteiger partial charge is 0.123 e. The van der Waals surface area contributed by atoms with E-state index in [4.69, 9.17) is 17.3 Å². The Morgan fingerprint density at radius 3 is 2.95 bits per heavy atom. The monoisotopic (exact) mass is 282 g/mol. The Bertz CT molecular complexity index is 465. The van der Waals surface area contributed by atoms with Crippen molar-refractivity contribution < 1.29 is 4.39 Å². The SMILES string of the molecule is NC1CCCC2CN(Cc3cc(F)ccc3Cl)CC12. The molecule has 0 radical (unpaired) electrons. The molecule has 1 heterocycles. The number of rotatable bonds is 2. The number of fused-ring (bicyclic) bond motifs is 1. The van der Waals surface area contributed by atoms with E-state index in [1.807, 2.05) is 0 Å². The van der Waals surface area contributed by atoms with Crippen molar-refractivity contribution in [2.45, 2.75) is 31.8 Å². The second kappa shape index (κ2) is 5.39. The predicted octanol–water partition coefficient (Wildman–Crippen LogP) is 3.04. The summed E-state index contributed by atoms with van der Waals surface area (Å²) in [5.41, 5.74) is 7.10. The van der Waals surface area contributed by atoms with E-state index >= 15 is 0 Å². The predicted molar refractivity (Wildman–Crippen MR) is 75.5 cm³/mol. The third kappa shape index (κ3) is 2.78. The quantitative estimate of drug-likeness (QED) is 0.903. The van der Waals surface area contributed by atoms with Crippen molar-refractivity contribution in [3.63, 3.8) is 0 Å². The minimum atomic E-state index is -0.215. The van der Waals surface area contributed by atoms with Gasteiger partial charge in [-0.3, -0.25) is 4.90 Å². The van der Waals surface area contributed by atoms with Crippen molar-refractivity contribution in [1.82, 2.24) is 4.90 Å². The Morgan fingerprint density at radius 2 is 2.16 bits per heavy atom. The molecular formula is C15H20ClFN2. The highest BCUT2D eigenvalue weighted by Crippen LogP contribution is 2.36. The van der Waals surface area contributed by atoms with Gasteiger partial charge in [0.2, 0.25) is 0 Å². The van der Waals surface area contributed by atoms with Crippen LogP contribution in [-0.2, 0) is 6.54 Å². The molecule has 1 saturated heterocycles. The average molecular weight is 283 g/mol. The van der Waals surface area contributed by atoms with Crippen LogP contribution in [-0.4, -0.2) is 24.0 Å². The van der Waals surface area contributed by atoms with E-state index in [0.29, 0.717) is 17.0 Å². The summed E-state index contributed by atoms with van der Waals surface area (Å²) in [6, 6.07) is 4.93. The zero-order chi connectivity index (χ0) is 13.4. The van der Waals surface area contributed by atoms with Crippen LogP contribution < -0.4 is 5.73 Å². The molecule has 1 saturated carbocycles. The van der Waals surface area contributed by atoms with Gasteiger partial charge in [0, 0.05) is 30.7 Å². The minimum absolute atomic E-state index is 0.215. The molecule has 2 fully saturated rings. The molecular weight excluding hydrogens is 263 g/mol. The first-order valence-electron chi connectivity index (χ1n) is 7.05. The van der Waals surface area contributed by atoms with E-state index in [9.17, 15) is 4.39 Å². The number of nitrogens with two attached hydrogens (primary N) is 1. The molecule has 0 spiro atoms. The van der Waals surface area contributed by atoms with Crippen molar-refractivity contribution in [3.05, 3.63) is 34.6 Å². The molecule has 2 aliphatic rings. The van der Waals surface area contributed by atoms with Crippen LogP contribution in [0.15, 0.2) is 18.2 Å². The molecule has 4 heteroatoms. The molecule has 2 nitrogen and oxygen atoms in total. The van der Waals surface area contributed by atoms with Gasteiger partial charge in [-0.2, -0.15) is 0 Å². The number of hydrogen-bond acceptors (Lipinski definition) is 2. The van der Waals surface area contributed by atoms with E-state index < -0.39 is 0 Å². The molecule has 3 rings (SSSR count). The lowest BCUT2D eigenvalue weighted by Gasteiger charge is -2.29. The molecule has 104 valence electrons. The highest BCUT2D eigenvalue weighted by Gasteiger charge is 2.38. The van der Waals surface area contributed by atoms with Gasteiger partial charge in [-0.15, -0.1) is 0 Å². The molecule has 3 unspecified atom stereocenters. The number of benzene rings is 1. The van der Waals surface area contributed by atoms with Crippen LogP contribution in [0.5, 0.6) is 0 Å². The van der Waals surface area contributed by atoms with Gasteiger partial charge in [0.25, 0.3) is 0 Å². The topological polar surface area (TPSA) is 29.3 Å². The van der Waals surface area contributed by atoms with Gasteiger partial charge in [0.15, 0.2) is 0 Å². The van der Waals surface area contributed by atoms with Crippen LogP contribution in [0.25, 0.3) is 0 Å². The molecule has 19 heavy (non-hydrogen) atoms. The molecule has 2 N–H and O–H groups in total. The van der Waals surface area contributed by atoms with E-state index in [1.54, 1.807) is 12.1 Å². The molecule has 1 aromatic carbocycles. The second-order valence-electron chi connectivity index (χ2n) is 5.95. The van der Waals surface area contributed by atoms with E-state index in [0.717, 1.165) is 37.5 Å². The average Bonchev–Trinajstić information content (AvgIpc) is 2.78. The number of likely N-dealkylation sites (tertiary alicyclic amines) is 1. The molecule has 0 amide bonds. The summed E-state index contributed by atoms with van der Waals surface area (Å²) in [6.45, 7) is 2.83. The zero-order valence-electron chi connectivity index (χ0n) is 11.0. The van der Waals surface area contributed by atoms with Crippen molar-refractivity contribution >= 4 is 11.6 Å². The molecule has 3 atom stereocenters. The summed E-state index contributed by atoms with van der Waals surface area (Å²) in [5.74, 6) is 1.12. The molecule has 1 aliphatic carbocycles. The van der Waals surface area contributed by atoms with Gasteiger partial charge < -0.3 is 5.73 Å². The molecule has 0 bridgehead atoms. The summed E-state index contributed by atoms with van der Waals surface area (Å²) in [5, 5.41) is 0.653. The van der Waals surface area contributed by atoms with Crippen LogP contribution >= 0.6 is 11.6 Å². The van der Waals surface area contributed by atoms with Gasteiger partial charge in [-0.25, -0.2) is 4.39 Å². The molecule has 0 aromatic heterocycles. The van der Waals surface area contributed by atoms with Crippen molar-refractivity contribution in [3.8, 4) is 0 Å². The number of halogens is 2. The van der Waals surface area contributed by atoms with Gasteiger partial charge in [0.1, 0.15) is 5.82 Å². The Balaban J connectivity index is 1.70. The maximum atomic E-state index is 13.3. The molecule has 1 aliphatic heterocycles. The maximum absolute atomic E-state index is 13.3. The van der Waals surface area contributed by atoms with Gasteiger partial charge >= 0.3 is 0 Å². The number of hydrogen-bond donors (Lipinski definition) is 1. The van der Waals surface area contributed by atoms with E-state index in [1.165, 1.54) is 18.9 Å². The Kier molecular flexibility index (Phi) is 3.79. The van der Waals surface area contributed by atoms with Gasteiger partial charge in [0.05, 0.1) is 0 Å². The Labute approximate surface area is 118 Å². The Hall–Kier alpha value is -0.640. The Morgan fingerprint density at radius 1 is 1.32 bits per heavy atom. The summed E-state index contributed by atoms with van der Waals surface area (Å²) in [6.07, 6.45) is 3.68. The van der Waals surface area contributed by atoms with Crippen LogP contribution in [0.4, 0.5) is 4.39 Å². The number of nitrogens with zero attached hydrogens (tertiary/aromatic N) is 1. The standard InChI is InChI=1S/C15H20ClFN2/c16-14-5-4-12(17)6-11(14)8-19-7-10-2-1-3-15(18)13(10)9-19/h4-6,10,13,15H,1-3,7-9,18H2. The van der Waals surface area contributed by atoms with Crippen LogP contribution in [0, 0.1) is 17.7 Å². The van der Waals surface area contributed by atoms with E-state index in [-0.39, 0.29) is 5.82 Å². The van der Waals surface area contributed by atoms with Crippen molar-refractivity contribution in [1.29, 1.82) is 0 Å². The fraction of sp³-hybridized carbons (Fsp3) is 0.600. The zero-order valence-corrected chi connectivity index (χ0v) is 11.7. The largest absolute Gasteiger partial charge is 0.327 e. The second-order valence-corrected chi connectivity index (χ2v) is 6.36. The lowest BCUT2D eigenvalue weighted by molar-refractivity contribution is 0.259. The lowest BCUT2D eigenvalue weighted by Crippen LogP contribution is -2.38. The maximum Gasteiger partial charge on any atom is 0.123 e. The third-order valence-corrected chi connectivity index (χ3v) is 5.00. The minimum Gasteiger partial charge on any atom is -0.327 e. The third-order valence-electron chi connectivity index (χ3n) is 4.63. The van der Waals surface area contributed by atoms with Crippen molar-refractivity contribution in [2.24, 2.45) is 17.6 Å². The summed E-state index contributed by atoms with van der Waals surface area (Å²) >= 11 is 6.14. The van der Waals surface area contributed by atoms with Crippen LogP contribution in [0.3, 0.4) is 0 Å². The summed E-state index contributed by atoms with van der Waals surface area (Å²) in [4.78, 5) is 2.38. The highest BCUT2D eigenvalue weighted by molar-refractivity contribution is 6.31. The highest BCUT2D eigenvalue weighted by atomic mass is 35.5. The summed E-state index contributed by atoms with van der Waals surface area (Å²) < 4.78 is 13.3. The normalized spacial score (nSPS) is 31.4. The first kappa shape index (κ1) is 13.3. The fourth-order valence-corrected chi connectivity index (χ4v) is 3.82. The van der Waals surface area contributed by atoms with Crippen LogP contribution in [0.1, 0.15) is 24.8 Å². The van der Waals surface area contributed by atoms with Crippen LogP contribution in [0.2, 0.25) is 5.02 Å². The van der Waals surface area contributed by atoms with Gasteiger partial charge in [-0.05, 0) is 48.4 Å². The van der Waals surface area contributed by atoms with Crippen molar-refractivity contribution in [2.75, 3.05) is 13.1 Å². The van der Waals surface area contributed by atoms with Gasteiger partial charge in [-0.1, -0.05) is 18.0 Å². The first-order chi connectivity index (χ1) is 9.13. The summed E-state index contributed by atoms with van der Waals surface area (Å²) in [7, 11) is 0. The first-order valence-corrected chi connectivity index (χ1v) is 7.43. The lowest BCUT2D eigenvalue weighted by atomic mass is 9.78. The van der Waals surface area contributed by atoms with E-state index in [2.05, 4.69) is 4.90 Å².